The molecule has 0 aliphatic carbocycles. The van der Waals surface area contributed by atoms with Crippen molar-refractivity contribution in [3.63, 3.8) is 0 Å². The van der Waals surface area contributed by atoms with Crippen LogP contribution in [0.15, 0.2) is 65.8 Å². The standard InChI is InChI=1S/C22H22N2O2/c1-3-14-26-20-11-7-5-9-18(20)15-23-24-22(25)21-16(2)12-13-17-8-4-6-10-19(17)21/h4-13,15H,3,14H2,1-2H3,(H,24,25)/b23-15-. The van der Waals surface area contributed by atoms with Crippen LogP contribution >= 0.6 is 0 Å². The van der Waals surface area contributed by atoms with Crippen molar-refractivity contribution in [2.24, 2.45) is 5.10 Å². The van der Waals surface area contributed by atoms with Crippen molar-refractivity contribution in [3.05, 3.63) is 77.4 Å². The SMILES string of the molecule is CCCOc1ccccc1/C=N\NC(=O)c1c(C)ccc2ccccc12. The molecule has 0 saturated heterocycles. The predicted molar refractivity (Wildman–Crippen MR) is 106 cm³/mol. The van der Waals surface area contributed by atoms with Crippen LogP contribution < -0.4 is 10.2 Å². The van der Waals surface area contributed by atoms with Crippen molar-refractivity contribution < 1.29 is 9.53 Å². The van der Waals surface area contributed by atoms with E-state index in [-0.39, 0.29) is 5.91 Å². The van der Waals surface area contributed by atoms with Crippen molar-refractivity contribution in [2.45, 2.75) is 20.3 Å². The van der Waals surface area contributed by atoms with Gasteiger partial charge in [-0.2, -0.15) is 5.10 Å². The van der Waals surface area contributed by atoms with E-state index in [0.717, 1.165) is 34.1 Å². The number of ether oxygens (including phenoxy) is 1. The average Bonchev–Trinajstić information content (AvgIpc) is 2.67. The van der Waals surface area contributed by atoms with Gasteiger partial charge in [0.15, 0.2) is 0 Å². The van der Waals surface area contributed by atoms with Crippen LogP contribution in [0, 0.1) is 6.92 Å². The van der Waals surface area contributed by atoms with E-state index in [1.54, 1.807) is 6.21 Å². The first-order valence-electron chi connectivity index (χ1n) is 8.74. The minimum absolute atomic E-state index is 0.220. The van der Waals surface area contributed by atoms with Crippen LogP contribution in [0.1, 0.15) is 34.8 Å². The molecule has 1 N–H and O–H groups in total. The Balaban J connectivity index is 1.80. The molecule has 0 spiro atoms. The molecule has 0 unspecified atom stereocenters. The second kappa shape index (κ2) is 8.30. The number of hydrazone groups is 1. The Kier molecular flexibility index (Phi) is 5.64. The van der Waals surface area contributed by atoms with Gasteiger partial charge in [-0.05, 0) is 41.8 Å². The maximum atomic E-state index is 12.7. The summed E-state index contributed by atoms with van der Waals surface area (Å²) in [5.74, 6) is 0.538. The molecule has 26 heavy (non-hydrogen) atoms. The number of carbonyl (C=O) groups excluding carboxylic acids is 1. The number of para-hydroxylation sites is 1. The Morgan fingerprint density at radius 1 is 1.08 bits per heavy atom. The van der Waals surface area contributed by atoms with Gasteiger partial charge in [-0.25, -0.2) is 5.43 Å². The molecule has 4 heteroatoms. The summed E-state index contributed by atoms with van der Waals surface area (Å²) in [5, 5.41) is 6.09. The van der Waals surface area contributed by atoms with Gasteiger partial charge >= 0.3 is 0 Å². The molecular weight excluding hydrogens is 324 g/mol. The molecule has 0 aromatic heterocycles. The van der Waals surface area contributed by atoms with Gasteiger partial charge in [-0.15, -0.1) is 0 Å². The van der Waals surface area contributed by atoms with Gasteiger partial charge in [0.1, 0.15) is 5.75 Å². The number of nitrogens with zero attached hydrogens (tertiary/aromatic N) is 1. The number of carbonyl (C=O) groups is 1. The summed E-state index contributed by atoms with van der Waals surface area (Å²) in [6.45, 7) is 4.63. The number of fused-ring (bicyclic) bond motifs is 1. The maximum absolute atomic E-state index is 12.7. The highest BCUT2D eigenvalue weighted by atomic mass is 16.5. The molecule has 3 aromatic carbocycles. The van der Waals surface area contributed by atoms with Crippen molar-refractivity contribution in [1.82, 2.24) is 5.43 Å². The zero-order valence-electron chi connectivity index (χ0n) is 15.0. The minimum atomic E-state index is -0.220. The molecule has 3 rings (SSSR count). The first kappa shape index (κ1) is 17.7. The van der Waals surface area contributed by atoms with Gasteiger partial charge in [-0.3, -0.25) is 4.79 Å². The topological polar surface area (TPSA) is 50.7 Å². The summed E-state index contributed by atoms with van der Waals surface area (Å²) in [6, 6.07) is 19.5. The van der Waals surface area contributed by atoms with E-state index in [1.807, 2.05) is 67.6 Å². The van der Waals surface area contributed by atoms with Crippen LogP contribution in [0.5, 0.6) is 5.75 Å². The summed E-state index contributed by atoms with van der Waals surface area (Å²) >= 11 is 0. The number of rotatable bonds is 6. The summed E-state index contributed by atoms with van der Waals surface area (Å²) in [7, 11) is 0. The second-order valence-corrected chi connectivity index (χ2v) is 6.06. The highest BCUT2D eigenvalue weighted by molar-refractivity contribution is 6.08. The lowest BCUT2D eigenvalue weighted by Gasteiger charge is -2.09. The smallest absolute Gasteiger partial charge is 0.272 e. The Labute approximate surface area is 153 Å². The molecular formula is C22H22N2O2. The van der Waals surface area contributed by atoms with Crippen LogP contribution in [-0.4, -0.2) is 18.7 Å². The first-order valence-corrected chi connectivity index (χ1v) is 8.74. The van der Waals surface area contributed by atoms with Crippen LogP contribution in [-0.2, 0) is 0 Å². The first-order chi connectivity index (χ1) is 12.7. The lowest BCUT2D eigenvalue weighted by atomic mass is 9.99. The average molecular weight is 346 g/mol. The van der Waals surface area contributed by atoms with E-state index in [2.05, 4.69) is 17.5 Å². The maximum Gasteiger partial charge on any atom is 0.272 e. The van der Waals surface area contributed by atoms with Gasteiger partial charge in [0.25, 0.3) is 5.91 Å². The zero-order chi connectivity index (χ0) is 18.4. The molecule has 0 fully saturated rings. The van der Waals surface area contributed by atoms with E-state index in [4.69, 9.17) is 4.74 Å². The largest absolute Gasteiger partial charge is 0.493 e. The number of aryl methyl sites for hydroxylation is 1. The Bertz CT molecular complexity index is 948. The molecule has 0 radical (unpaired) electrons. The fourth-order valence-electron chi connectivity index (χ4n) is 2.83. The Morgan fingerprint density at radius 3 is 2.69 bits per heavy atom. The number of benzene rings is 3. The quantitative estimate of drug-likeness (QED) is 0.519. The van der Waals surface area contributed by atoms with Crippen molar-refractivity contribution in [2.75, 3.05) is 6.61 Å². The highest BCUT2D eigenvalue weighted by Gasteiger charge is 2.12. The number of nitrogens with one attached hydrogen (secondary N) is 1. The van der Waals surface area contributed by atoms with Crippen molar-refractivity contribution in [1.29, 1.82) is 0 Å². The Morgan fingerprint density at radius 2 is 1.85 bits per heavy atom. The van der Waals surface area contributed by atoms with Gasteiger partial charge in [-0.1, -0.05) is 55.5 Å². The molecule has 0 aliphatic heterocycles. The summed E-state index contributed by atoms with van der Waals surface area (Å²) in [4.78, 5) is 12.7. The van der Waals surface area contributed by atoms with Crippen LogP contribution in [0.2, 0.25) is 0 Å². The Hall–Kier alpha value is -3.14. The fraction of sp³-hybridized carbons (Fsp3) is 0.182. The number of hydrogen-bond acceptors (Lipinski definition) is 3. The van der Waals surface area contributed by atoms with E-state index >= 15 is 0 Å². The number of hydrogen-bond donors (Lipinski definition) is 1. The summed E-state index contributed by atoms with van der Waals surface area (Å²) < 4.78 is 5.70. The monoisotopic (exact) mass is 346 g/mol. The molecule has 1 amide bonds. The van der Waals surface area contributed by atoms with Crippen molar-refractivity contribution >= 4 is 22.9 Å². The summed E-state index contributed by atoms with van der Waals surface area (Å²) in [5.41, 5.74) is 5.04. The third-order valence-electron chi connectivity index (χ3n) is 4.11. The highest BCUT2D eigenvalue weighted by Crippen LogP contribution is 2.22. The minimum Gasteiger partial charge on any atom is -0.493 e. The van der Waals surface area contributed by atoms with Gasteiger partial charge in [0, 0.05) is 5.56 Å². The molecule has 0 heterocycles. The normalized spacial score (nSPS) is 11.0. The lowest BCUT2D eigenvalue weighted by Crippen LogP contribution is -2.19. The second-order valence-electron chi connectivity index (χ2n) is 6.06. The van der Waals surface area contributed by atoms with Crippen LogP contribution in [0.25, 0.3) is 10.8 Å². The lowest BCUT2D eigenvalue weighted by molar-refractivity contribution is 0.0956. The van der Waals surface area contributed by atoms with E-state index in [9.17, 15) is 4.79 Å². The zero-order valence-corrected chi connectivity index (χ0v) is 15.0. The van der Waals surface area contributed by atoms with E-state index in [1.165, 1.54) is 0 Å². The molecule has 132 valence electrons. The van der Waals surface area contributed by atoms with E-state index in [0.29, 0.717) is 12.2 Å². The van der Waals surface area contributed by atoms with Gasteiger partial charge in [0.2, 0.25) is 0 Å². The van der Waals surface area contributed by atoms with Crippen molar-refractivity contribution in [3.8, 4) is 5.75 Å². The summed E-state index contributed by atoms with van der Waals surface area (Å²) in [6.07, 6.45) is 2.55. The molecule has 0 bridgehead atoms. The van der Waals surface area contributed by atoms with Gasteiger partial charge in [0.05, 0.1) is 18.4 Å². The van der Waals surface area contributed by atoms with Crippen LogP contribution in [0.3, 0.4) is 0 Å². The van der Waals surface area contributed by atoms with Gasteiger partial charge < -0.3 is 4.74 Å². The third-order valence-corrected chi connectivity index (χ3v) is 4.11. The molecule has 0 aliphatic rings. The molecule has 0 atom stereocenters. The third kappa shape index (κ3) is 3.91. The predicted octanol–water partition coefficient (Wildman–Crippen LogP) is 4.70. The van der Waals surface area contributed by atoms with E-state index < -0.39 is 0 Å². The fourth-order valence-corrected chi connectivity index (χ4v) is 2.83. The number of amides is 1. The molecule has 3 aromatic rings. The van der Waals surface area contributed by atoms with Crippen LogP contribution in [0.4, 0.5) is 0 Å². The molecule has 0 saturated carbocycles. The molecule has 4 nitrogen and oxygen atoms in total.